The third kappa shape index (κ3) is 5.33. The van der Waals surface area contributed by atoms with Crippen molar-refractivity contribution in [3.05, 3.63) is 62.9 Å². The van der Waals surface area contributed by atoms with Crippen LogP contribution in [0.3, 0.4) is 0 Å². The van der Waals surface area contributed by atoms with E-state index in [2.05, 4.69) is 10.3 Å². The maximum atomic E-state index is 12.2. The van der Waals surface area contributed by atoms with E-state index < -0.39 is 18.0 Å². The Morgan fingerprint density at radius 3 is 2.48 bits per heavy atom. The zero-order valence-electron chi connectivity index (χ0n) is 13.4. The number of rotatable bonds is 5. The number of pyridine rings is 1. The van der Waals surface area contributed by atoms with Crippen LogP contribution in [0.15, 0.2) is 36.5 Å². The van der Waals surface area contributed by atoms with Crippen LogP contribution < -0.4 is 5.32 Å². The lowest BCUT2D eigenvalue weighted by atomic mass is 10.1. The molecule has 5 nitrogen and oxygen atoms in total. The summed E-state index contributed by atoms with van der Waals surface area (Å²) in [5, 5.41) is 3.85. The van der Waals surface area contributed by atoms with E-state index in [-0.39, 0.29) is 16.8 Å². The summed E-state index contributed by atoms with van der Waals surface area (Å²) < 4.78 is 5.15. The lowest BCUT2D eigenvalue weighted by molar-refractivity contribution is -0.129. The minimum absolute atomic E-state index is 0.164. The zero-order valence-corrected chi connectivity index (χ0v) is 15.7. The molecule has 1 N–H and O–H groups in total. The van der Waals surface area contributed by atoms with E-state index in [1.165, 1.54) is 25.3 Å². The molecule has 0 spiro atoms. The monoisotopic (exact) mass is 400 g/mol. The Morgan fingerprint density at radius 1 is 1.12 bits per heavy atom. The summed E-state index contributed by atoms with van der Waals surface area (Å²) in [5.74, 6) is -1.11. The third-order valence-corrected chi connectivity index (χ3v) is 4.17. The minimum atomic E-state index is -0.993. The topological polar surface area (TPSA) is 68.3 Å². The van der Waals surface area contributed by atoms with Crippen molar-refractivity contribution in [3.8, 4) is 0 Å². The van der Waals surface area contributed by atoms with Gasteiger partial charge in [-0.05, 0) is 43.7 Å². The first-order chi connectivity index (χ1) is 11.8. The number of aromatic nitrogens is 1. The van der Waals surface area contributed by atoms with Crippen LogP contribution in [-0.2, 0) is 9.53 Å². The fourth-order valence-electron chi connectivity index (χ4n) is 2.07. The Labute approximate surface area is 160 Å². The van der Waals surface area contributed by atoms with E-state index >= 15 is 0 Å². The van der Waals surface area contributed by atoms with Crippen molar-refractivity contribution in [3.63, 3.8) is 0 Å². The summed E-state index contributed by atoms with van der Waals surface area (Å²) in [4.78, 5) is 28.1. The molecule has 1 amide bonds. The number of halogens is 3. The molecule has 0 radical (unpaired) electrons. The normalized spacial score (nSPS) is 13.0. The van der Waals surface area contributed by atoms with Gasteiger partial charge in [0.25, 0.3) is 5.91 Å². The molecule has 2 aromatic rings. The van der Waals surface area contributed by atoms with Gasteiger partial charge in [0.15, 0.2) is 6.10 Å². The van der Waals surface area contributed by atoms with Gasteiger partial charge in [0, 0.05) is 16.2 Å². The van der Waals surface area contributed by atoms with Gasteiger partial charge in [0.1, 0.15) is 5.15 Å². The highest BCUT2D eigenvalue weighted by molar-refractivity contribution is 6.35. The molecule has 2 unspecified atom stereocenters. The van der Waals surface area contributed by atoms with Crippen molar-refractivity contribution in [2.45, 2.75) is 26.0 Å². The van der Waals surface area contributed by atoms with E-state index in [4.69, 9.17) is 39.5 Å². The van der Waals surface area contributed by atoms with E-state index in [1.54, 1.807) is 25.1 Å². The molecule has 1 aromatic carbocycles. The quantitative estimate of drug-likeness (QED) is 0.593. The Balaban J connectivity index is 1.98. The Morgan fingerprint density at radius 2 is 1.84 bits per heavy atom. The van der Waals surface area contributed by atoms with Crippen LogP contribution in [0.5, 0.6) is 0 Å². The smallest absolute Gasteiger partial charge is 0.339 e. The number of benzene rings is 1. The van der Waals surface area contributed by atoms with Gasteiger partial charge in [-0.25, -0.2) is 9.78 Å². The molecular formula is C17H15Cl3N2O3. The number of carbonyl (C=O) groups is 2. The van der Waals surface area contributed by atoms with Crippen molar-refractivity contribution in [1.29, 1.82) is 0 Å². The van der Waals surface area contributed by atoms with Gasteiger partial charge in [0.05, 0.1) is 11.6 Å². The van der Waals surface area contributed by atoms with Crippen LogP contribution >= 0.6 is 34.8 Å². The third-order valence-electron chi connectivity index (χ3n) is 3.40. The highest BCUT2D eigenvalue weighted by Gasteiger charge is 2.22. The summed E-state index contributed by atoms with van der Waals surface area (Å²) in [7, 11) is 0. The molecule has 0 saturated heterocycles. The van der Waals surface area contributed by atoms with Crippen LogP contribution in [0.2, 0.25) is 15.2 Å². The van der Waals surface area contributed by atoms with Gasteiger partial charge < -0.3 is 10.1 Å². The van der Waals surface area contributed by atoms with E-state index in [0.29, 0.717) is 15.6 Å². The molecule has 0 aliphatic carbocycles. The van der Waals surface area contributed by atoms with Gasteiger partial charge in [-0.3, -0.25) is 4.79 Å². The fourth-order valence-corrected chi connectivity index (χ4v) is 2.82. The summed E-state index contributed by atoms with van der Waals surface area (Å²) in [6.45, 7) is 3.25. The number of esters is 1. The van der Waals surface area contributed by atoms with Crippen LogP contribution in [-0.4, -0.2) is 23.0 Å². The molecule has 0 aliphatic heterocycles. The number of hydrogen-bond donors (Lipinski definition) is 1. The van der Waals surface area contributed by atoms with Gasteiger partial charge in [-0.15, -0.1) is 0 Å². The number of ether oxygens (including phenoxy) is 1. The second-order valence-electron chi connectivity index (χ2n) is 5.31. The fraction of sp³-hybridized carbons (Fsp3) is 0.235. The molecule has 0 fully saturated rings. The van der Waals surface area contributed by atoms with Crippen LogP contribution in [0.4, 0.5) is 0 Å². The molecule has 8 heteroatoms. The summed E-state index contributed by atoms with van der Waals surface area (Å²) in [5.41, 5.74) is 0.923. The van der Waals surface area contributed by atoms with Crippen LogP contribution in [0.25, 0.3) is 0 Å². The molecule has 2 atom stereocenters. The van der Waals surface area contributed by atoms with Crippen LogP contribution in [0, 0.1) is 0 Å². The molecule has 132 valence electrons. The first-order valence-electron chi connectivity index (χ1n) is 7.35. The number of carbonyl (C=O) groups excluding carboxylic acids is 2. The minimum Gasteiger partial charge on any atom is -0.449 e. The maximum absolute atomic E-state index is 12.2. The summed E-state index contributed by atoms with van der Waals surface area (Å²) in [6.07, 6.45) is 0.391. The Kier molecular flexibility index (Phi) is 6.64. The number of amides is 1. The van der Waals surface area contributed by atoms with Crippen molar-refractivity contribution in [1.82, 2.24) is 10.3 Å². The van der Waals surface area contributed by atoms with E-state index in [0.717, 1.165) is 0 Å². The molecule has 1 aromatic heterocycles. The first-order valence-corrected chi connectivity index (χ1v) is 8.49. The van der Waals surface area contributed by atoms with E-state index in [9.17, 15) is 9.59 Å². The molecular weight excluding hydrogens is 387 g/mol. The van der Waals surface area contributed by atoms with Crippen molar-refractivity contribution in [2.24, 2.45) is 0 Å². The largest absolute Gasteiger partial charge is 0.449 e. The molecule has 25 heavy (non-hydrogen) atoms. The summed E-state index contributed by atoms with van der Waals surface area (Å²) in [6, 6.07) is 7.44. The predicted molar refractivity (Wildman–Crippen MR) is 97.1 cm³/mol. The van der Waals surface area contributed by atoms with Gasteiger partial charge >= 0.3 is 5.97 Å². The highest BCUT2D eigenvalue weighted by atomic mass is 35.5. The van der Waals surface area contributed by atoms with Crippen molar-refractivity contribution >= 4 is 46.7 Å². The zero-order chi connectivity index (χ0) is 18.6. The SMILES string of the molecule is CC(OC(=O)c1ccnc(Cl)c1)C(=O)NC(C)c1ccc(Cl)cc1Cl. The molecule has 0 bridgehead atoms. The summed E-state index contributed by atoms with van der Waals surface area (Å²) >= 11 is 17.7. The second-order valence-corrected chi connectivity index (χ2v) is 6.54. The Hall–Kier alpha value is -1.82. The predicted octanol–water partition coefficient (Wildman–Crippen LogP) is 4.46. The molecule has 0 saturated carbocycles. The number of nitrogens with zero attached hydrogens (tertiary/aromatic N) is 1. The molecule has 0 aliphatic rings. The number of nitrogens with one attached hydrogen (secondary N) is 1. The maximum Gasteiger partial charge on any atom is 0.339 e. The average molecular weight is 402 g/mol. The lowest BCUT2D eigenvalue weighted by Gasteiger charge is -2.19. The lowest BCUT2D eigenvalue weighted by Crippen LogP contribution is -2.37. The van der Waals surface area contributed by atoms with Crippen molar-refractivity contribution < 1.29 is 14.3 Å². The van der Waals surface area contributed by atoms with Crippen molar-refractivity contribution in [2.75, 3.05) is 0 Å². The molecule has 1 heterocycles. The first kappa shape index (κ1) is 19.5. The number of hydrogen-bond acceptors (Lipinski definition) is 4. The van der Waals surface area contributed by atoms with Crippen LogP contribution in [0.1, 0.15) is 35.8 Å². The molecule has 2 rings (SSSR count). The van der Waals surface area contributed by atoms with E-state index in [1.807, 2.05) is 0 Å². The highest BCUT2D eigenvalue weighted by Crippen LogP contribution is 2.26. The van der Waals surface area contributed by atoms with Gasteiger partial charge in [-0.1, -0.05) is 40.9 Å². The standard InChI is InChI=1S/C17H15Cl3N2O3/c1-9(13-4-3-12(18)8-14(13)19)22-16(23)10(2)25-17(24)11-5-6-21-15(20)7-11/h3-10H,1-2H3,(H,22,23). The van der Waals surface area contributed by atoms with Gasteiger partial charge in [0.2, 0.25) is 0 Å². The average Bonchev–Trinajstić information content (AvgIpc) is 2.54. The second kappa shape index (κ2) is 8.52. The van der Waals surface area contributed by atoms with Gasteiger partial charge in [-0.2, -0.15) is 0 Å². The Bertz CT molecular complexity index is 798.